The zero-order valence-electron chi connectivity index (χ0n) is 5.29. The van der Waals surface area contributed by atoms with Crippen molar-refractivity contribution >= 4 is 0 Å². The summed E-state index contributed by atoms with van der Waals surface area (Å²) in [5.41, 5.74) is 0. The molecule has 0 atom stereocenters. The fraction of sp³-hybridized carbons (Fsp3) is 0.200. The Morgan fingerprint density at radius 1 is 1.67 bits per heavy atom. The first kappa shape index (κ1) is 6.10. The van der Waals surface area contributed by atoms with Crippen LogP contribution in [0.5, 0.6) is 0 Å². The van der Waals surface area contributed by atoms with Crippen molar-refractivity contribution in [2.45, 2.75) is 6.42 Å². The molecule has 1 heteroatoms. The Morgan fingerprint density at radius 2 is 2.50 bits per heavy atom. The molecule has 6 heavy (non-hydrogen) atoms. The molecule has 1 aliphatic rings. The van der Waals surface area contributed by atoms with Gasteiger partial charge in [0, 0.05) is 0 Å². The van der Waals surface area contributed by atoms with Gasteiger partial charge in [0.15, 0.2) is 0 Å². The topological polar surface area (TPSA) is 0 Å². The molecule has 0 aliphatic heterocycles. The summed E-state index contributed by atoms with van der Waals surface area (Å²) in [7, 11) is 0. The summed E-state index contributed by atoms with van der Waals surface area (Å²) < 4.78 is 0. The normalized spacial score (nSPS) is 14.7. The molecule has 0 saturated heterocycles. The summed E-state index contributed by atoms with van der Waals surface area (Å²) in [6, 6.07) is 0. The van der Waals surface area contributed by atoms with Crippen molar-refractivity contribution < 1.29 is 22.3 Å². The predicted octanol–water partition coefficient (Wildman–Crippen LogP) is 1.53. The summed E-state index contributed by atoms with van der Waals surface area (Å²) >= 11 is 0. The Bertz CT molecular complexity index is 68.5. The maximum atomic E-state index is 2.99. The molecule has 0 fully saturated rings. The molecule has 0 aromatic carbocycles. The minimum absolute atomic E-state index is 0. The quantitative estimate of drug-likeness (QED) is 0.380. The third-order valence-corrected chi connectivity index (χ3v) is 0.586. The van der Waals surface area contributed by atoms with Crippen molar-refractivity contribution in [3.05, 3.63) is 24.3 Å². The van der Waals surface area contributed by atoms with Crippen LogP contribution in [0.2, 0.25) is 0 Å². The Balaban J connectivity index is -0.0000000833. The van der Waals surface area contributed by atoms with Gasteiger partial charge in [0.05, 0.1) is 0 Å². The van der Waals surface area contributed by atoms with E-state index in [4.69, 9.17) is 0 Å². The maximum absolute atomic E-state index is 2.99. The summed E-state index contributed by atoms with van der Waals surface area (Å²) in [6.07, 6.45) is 10.0. The van der Waals surface area contributed by atoms with E-state index in [1.165, 1.54) is 0 Å². The van der Waals surface area contributed by atoms with Crippen molar-refractivity contribution in [1.29, 1.82) is 0 Å². The van der Waals surface area contributed by atoms with Gasteiger partial charge in [0.2, 0.25) is 0 Å². The Labute approximate surface area is 53.7 Å². The second-order valence-electron chi connectivity index (χ2n) is 1.00. The van der Waals surface area contributed by atoms with Crippen molar-refractivity contribution in [3.8, 4) is 0 Å². The van der Waals surface area contributed by atoms with Crippen molar-refractivity contribution in [2.24, 2.45) is 0 Å². The van der Waals surface area contributed by atoms with E-state index < -0.39 is 0 Å². The summed E-state index contributed by atoms with van der Waals surface area (Å²) in [5, 5.41) is 0. The van der Waals surface area contributed by atoms with Crippen LogP contribution in [0, 0.1) is 6.08 Å². The zero-order chi connectivity index (χ0) is 3.54. The van der Waals surface area contributed by atoms with Crippen LogP contribution in [-0.4, -0.2) is 0 Å². The molecule has 0 nitrogen and oxygen atoms in total. The molecule has 0 N–H and O–H groups in total. The van der Waals surface area contributed by atoms with Crippen LogP contribution < -0.4 is 0 Å². The standard InChI is InChI=1S/C5H5.Ru.2H/c1-2-4-5-3-1;;;/h1-3H,4H2;;;/q-1;+1;2*-1. The molecule has 1 rings (SSSR count). The minimum atomic E-state index is 0. The fourth-order valence-electron chi connectivity index (χ4n) is 0.340. The number of hydrogen-bond acceptors (Lipinski definition) is 0. The van der Waals surface area contributed by atoms with Gasteiger partial charge < -0.3 is 2.85 Å². The van der Waals surface area contributed by atoms with Crippen molar-refractivity contribution in [3.63, 3.8) is 0 Å². The molecule has 0 aromatic heterocycles. The van der Waals surface area contributed by atoms with Crippen LogP contribution in [0.15, 0.2) is 18.2 Å². The van der Waals surface area contributed by atoms with Crippen LogP contribution in [0.25, 0.3) is 0 Å². The predicted molar refractivity (Wildman–Crippen MR) is 23.8 cm³/mol. The molecule has 1 aliphatic carbocycles. The van der Waals surface area contributed by atoms with E-state index in [0.717, 1.165) is 6.42 Å². The second-order valence-corrected chi connectivity index (χ2v) is 1.00. The van der Waals surface area contributed by atoms with Gasteiger partial charge in [-0.3, -0.25) is 6.08 Å². The molecule has 0 bridgehead atoms. The number of allylic oxidation sites excluding steroid dienone is 4. The average molecular weight is 168 g/mol. The molecule has 0 aromatic rings. The van der Waals surface area contributed by atoms with Crippen LogP contribution in [0.3, 0.4) is 0 Å². The average Bonchev–Trinajstić information content (AvgIpc) is 1.76. The SMILES string of the molecule is [C-]1=CC=CC1.[H-].[H-].[Ru+]. The van der Waals surface area contributed by atoms with Crippen molar-refractivity contribution in [1.82, 2.24) is 0 Å². The van der Waals surface area contributed by atoms with Gasteiger partial charge in [0.25, 0.3) is 0 Å². The van der Waals surface area contributed by atoms with E-state index in [1.54, 1.807) is 0 Å². The summed E-state index contributed by atoms with van der Waals surface area (Å²) in [6.45, 7) is 0. The molecule has 0 spiro atoms. The minimum Gasteiger partial charge on any atom is -1.00 e. The van der Waals surface area contributed by atoms with E-state index in [1.807, 2.05) is 12.2 Å². The molecule has 0 amide bonds. The third-order valence-electron chi connectivity index (χ3n) is 0.586. The van der Waals surface area contributed by atoms with Gasteiger partial charge in [-0.1, -0.05) is 0 Å². The molecule has 0 unspecified atom stereocenters. The fourth-order valence-corrected chi connectivity index (χ4v) is 0.340. The molecular formula is C5H7Ru-2. The van der Waals surface area contributed by atoms with Crippen LogP contribution in [0.1, 0.15) is 9.27 Å². The first-order chi connectivity index (χ1) is 2.50. The van der Waals surface area contributed by atoms with Gasteiger partial charge in [0.1, 0.15) is 0 Å². The Kier molecular flexibility index (Phi) is 3.36. The molecular weight excluding hydrogens is 161 g/mol. The second kappa shape index (κ2) is 3.30. The van der Waals surface area contributed by atoms with Gasteiger partial charge in [-0.25, -0.2) is 12.2 Å². The van der Waals surface area contributed by atoms with E-state index in [-0.39, 0.29) is 22.3 Å². The molecule has 0 heterocycles. The molecule has 37 valence electrons. The molecule has 0 saturated carbocycles. The van der Waals surface area contributed by atoms with Gasteiger partial charge in [-0.05, 0) is 0 Å². The first-order valence-corrected chi connectivity index (χ1v) is 1.72. The number of rotatable bonds is 0. The Hall–Kier alpha value is 0.103. The number of hydrogen-bond donors (Lipinski definition) is 0. The maximum Gasteiger partial charge on any atom is 1.00 e. The van der Waals surface area contributed by atoms with Crippen LogP contribution >= 0.6 is 0 Å². The monoisotopic (exact) mass is 169 g/mol. The van der Waals surface area contributed by atoms with E-state index in [2.05, 4.69) is 12.2 Å². The van der Waals surface area contributed by atoms with E-state index >= 15 is 0 Å². The van der Waals surface area contributed by atoms with Crippen LogP contribution in [-0.2, 0) is 19.5 Å². The van der Waals surface area contributed by atoms with E-state index in [0.29, 0.717) is 0 Å². The Morgan fingerprint density at radius 3 is 2.67 bits per heavy atom. The van der Waals surface area contributed by atoms with Gasteiger partial charge in [-0.15, -0.1) is 6.42 Å². The smallest absolute Gasteiger partial charge is 1.00 e. The van der Waals surface area contributed by atoms with Gasteiger partial charge in [-0.2, -0.15) is 6.08 Å². The first-order valence-electron chi connectivity index (χ1n) is 1.72. The molecule has 1 radical (unpaired) electrons. The zero-order valence-corrected chi connectivity index (χ0v) is 5.03. The van der Waals surface area contributed by atoms with Gasteiger partial charge >= 0.3 is 19.5 Å². The third kappa shape index (κ3) is 1.52. The van der Waals surface area contributed by atoms with E-state index in [9.17, 15) is 0 Å². The van der Waals surface area contributed by atoms with Crippen LogP contribution in [0.4, 0.5) is 0 Å². The van der Waals surface area contributed by atoms with Crippen molar-refractivity contribution in [2.75, 3.05) is 0 Å². The summed E-state index contributed by atoms with van der Waals surface area (Å²) in [5.74, 6) is 0. The largest absolute Gasteiger partial charge is 1.00 e. The summed E-state index contributed by atoms with van der Waals surface area (Å²) in [4.78, 5) is 0.